The van der Waals surface area contributed by atoms with Crippen molar-refractivity contribution in [2.45, 2.75) is 12.8 Å². The summed E-state index contributed by atoms with van der Waals surface area (Å²) in [5.74, 6) is 0.740. The lowest BCUT2D eigenvalue weighted by atomic mass is 9.99. The molecule has 1 heterocycles. The van der Waals surface area contributed by atoms with Crippen LogP contribution in [0.1, 0.15) is 24.0 Å². The van der Waals surface area contributed by atoms with Gasteiger partial charge in [0.15, 0.2) is 0 Å². The molecule has 0 N–H and O–H groups in total. The van der Waals surface area contributed by atoms with E-state index in [1.165, 1.54) is 16.7 Å². The van der Waals surface area contributed by atoms with Crippen LogP contribution in [0.2, 0.25) is 0 Å². The molecule has 0 amide bonds. The first-order chi connectivity index (χ1) is 10.3. The Labute approximate surface area is 121 Å². The molecule has 2 aliphatic rings. The molecule has 0 bridgehead atoms. The Morgan fingerprint density at radius 2 is 1.48 bits per heavy atom. The van der Waals surface area contributed by atoms with E-state index in [9.17, 15) is 4.79 Å². The summed E-state index contributed by atoms with van der Waals surface area (Å²) in [6.07, 6.45) is 2.30. The fraction of sp³-hybridized carbons (Fsp3) is 0.105. The maximum absolute atomic E-state index is 12.3. The molecule has 0 atom stereocenters. The highest BCUT2D eigenvalue weighted by Crippen LogP contribution is 2.51. The summed E-state index contributed by atoms with van der Waals surface area (Å²) in [6.45, 7) is 0. The van der Waals surface area contributed by atoms with Gasteiger partial charge < -0.3 is 4.42 Å². The van der Waals surface area contributed by atoms with E-state index in [4.69, 9.17) is 4.42 Å². The molecule has 2 nitrogen and oxygen atoms in total. The number of allylic oxidation sites excluding steroid dienone is 1. The molecule has 0 aliphatic heterocycles. The van der Waals surface area contributed by atoms with Crippen LogP contribution in [0.4, 0.5) is 0 Å². The van der Waals surface area contributed by atoms with Gasteiger partial charge >= 0.3 is 5.63 Å². The monoisotopic (exact) mass is 272 g/mol. The summed E-state index contributed by atoms with van der Waals surface area (Å²) in [5, 5.41) is 1.68. The largest absolute Gasteiger partial charge is 0.422 e. The number of hydrogen-bond donors (Lipinski definition) is 0. The SMILES string of the molecule is O=c1oc2c(c3ccccc13)C(=C1CC1)c1ccccc1-2. The second-order valence-corrected chi connectivity index (χ2v) is 5.66. The summed E-state index contributed by atoms with van der Waals surface area (Å²) in [7, 11) is 0. The second-order valence-electron chi connectivity index (χ2n) is 5.66. The first kappa shape index (κ1) is 11.1. The molecule has 0 radical (unpaired) electrons. The van der Waals surface area contributed by atoms with Gasteiger partial charge in [0.25, 0.3) is 0 Å². The van der Waals surface area contributed by atoms with Crippen molar-refractivity contribution in [3.63, 3.8) is 0 Å². The Balaban J connectivity index is 2.04. The average molecular weight is 272 g/mol. The molecule has 2 heteroatoms. The maximum Gasteiger partial charge on any atom is 0.344 e. The van der Waals surface area contributed by atoms with Gasteiger partial charge in [-0.3, -0.25) is 0 Å². The Morgan fingerprint density at radius 1 is 0.810 bits per heavy atom. The zero-order valence-electron chi connectivity index (χ0n) is 11.3. The molecule has 1 aromatic heterocycles. The smallest absolute Gasteiger partial charge is 0.344 e. The molecule has 1 fully saturated rings. The van der Waals surface area contributed by atoms with Crippen LogP contribution in [-0.4, -0.2) is 0 Å². The van der Waals surface area contributed by atoms with E-state index >= 15 is 0 Å². The molecule has 0 unspecified atom stereocenters. The Morgan fingerprint density at radius 3 is 2.24 bits per heavy atom. The van der Waals surface area contributed by atoms with Gasteiger partial charge in [0, 0.05) is 16.5 Å². The van der Waals surface area contributed by atoms with Crippen molar-refractivity contribution in [3.8, 4) is 11.3 Å². The molecule has 21 heavy (non-hydrogen) atoms. The molecule has 2 aromatic carbocycles. The quantitative estimate of drug-likeness (QED) is 0.476. The maximum atomic E-state index is 12.3. The molecule has 100 valence electrons. The van der Waals surface area contributed by atoms with Crippen molar-refractivity contribution in [2.24, 2.45) is 0 Å². The van der Waals surface area contributed by atoms with E-state index in [-0.39, 0.29) is 5.63 Å². The third-order valence-electron chi connectivity index (χ3n) is 4.38. The van der Waals surface area contributed by atoms with Crippen molar-refractivity contribution in [2.75, 3.05) is 0 Å². The lowest BCUT2D eigenvalue weighted by molar-refractivity contribution is 0.535. The van der Waals surface area contributed by atoms with Gasteiger partial charge in [-0.15, -0.1) is 0 Å². The minimum absolute atomic E-state index is 0.249. The molecule has 5 rings (SSSR count). The highest BCUT2D eigenvalue weighted by atomic mass is 16.4. The van der Waals surface area contributed by atoms with Gasteiger partial charge in [-0.2, -0.15) is 0 Å². The van der Waals surface area contributed by atoms with E-state index in [1.807, 2.05) is 42.5 Å². The lowest BCUT2D eigenvalue weighted by Crippen LogP contribution is -2.01. The summed E-state index contributed by atoms with van der Waals surface area (Å²) < 4.78 is 5.68. The summed E-state index contributed by atoms with van der Waals surface area (Å²) >= 11 is 0. The van der Waals surface area contributed by atoms with Gasteiger partial charge in [-0.25, -0.2) is 4.79 Å². The Hall–Kier alpha value is -2.61. The molecular weight excluding hydrogens is 260 g/mol. The molecule has 0 spiro atoms. The van der Waals surface area contributed by atoms with Gasteiger partial charge in [0.2, 0.25) is 0 Å². The summed E-state index contributed by atoms with van der Waals surface area (Å²) in [6, 6.07) is 16.0. The molecule has 3 aromatic rings. The minimum atomic E-state index is -0.249. The van der Waals surface area contributed by atoms with E-state index in [0.29, 0.717) is 5.39 Å². The number of hydrogen-bond acceptors (Lipinski definition) is 2. The highest BCUT2D eigenvalue weighted by molar-refractivity contribution is 6.09. The first-order valence-electron chi connectivity index (χ1n) is 7.22. The van der Waals surface area contributed by atoms with Crippen molar-refractivity contribution in [1.29, 1.82) is 0 Å². The standard InChI is InChI=1S/C19H12O2/c20-19-15-8-4-2-6-13(15)17-16(11-9-10-11)12-5-1-3-7-14(12)18(17)21-19/h1-8H,9-10H2. The Kier molecular flexibility index (Phi) is 1.97. The predicted octanol–water partition coefficient (Wildman–Crippen LogP) is 4.37. The van der Waals surface area contributed by atoms with E-state index in [1.54, 1.807) is 0 Å². The predicted molar refractivity (Wildman–Crippen MR) is 83.2 cm³/mol. The molecular formula is C19H12O2. The molecule has 2 aliphatic carbocycles. The van der Waals surface area contributed by atoms with Gasteiger partial charge in [0.1, 0.15) is 5.76 Å². The van der Waals surface area contributed by atoms with Crippen molar-refractivity contribution < 1.29 is 4.42 Å². The fourth-order valence-corrected chi connectivity index (χ4v) is 3.35. The number of rotatable bonds is 0. The van der Waals surface area contributed by atoms with Crippen LogP contribution >= 0.6 is 0 Å². The van der Waals surface area contributed by atoms with Crippen LogP contribution in [0, 0.1) is 0 Å². The second kappa shape index (κ2) is 3.73. The summed E-state index contributed by atoms with van der Waals surface area (Å²) in [4.78, 5) is 12.3. The number of benzene rings is 2. The van der Waals surface area contributed by atoms with Crippen LogP contribution in [0.15, 0.2) is 63.3 Å². The van der Waals surface area contributed by atoms with E-state index < -0.39 is 0 Å². The van der Waals surface area contributed by atoms with Gasteiger partial charge in [-0.1, -0.05) is 48.0 Å². The Bertz CT molecular complexity index is 999. The van der Waals surface area contributed by atoms with Crippen molar-refractivity contribution >= 4 is 16.3 Å². The summed E-state index contributed by atoms with van der Waals surface area (Å²) in [5.41, 5.74) is 5.88. The van der Waals surface area contributed by atoms with Crippen molar-refractivity contribution in [3.05, 3.63) is 75.7 Å². The van der Waals surface area contributed by atoms with Crippen molar-refractivity contribution in [1.82, 2.24) is 0 Å². The molecule has 0 saturated heterocycles. The van der Waals surface area contributed by atoms with E-state index in [0.717, 1.165) is 35.1 Å². The average Bonchev–Trinajstić information content (AvgIpc) is 3.31. The van der Waals surface area contributed by atoms with E-state index in [2.05, 4.69) is 6.07 Å². The minimum Gasteiger partial charge on any atom is -0.422 e. The lowest BCUT2D eigenvalue weighted by Gasteiger charge is -2.05. The van der Waals surface area contributed by atoms with Crippen LogP contribution in [0.25, 0.3) is 27.7 Å². The normalized spacial score (nSPS) is 15.2. The van der Waals surface area contributed by atoms with Crippen LogP contribution < -0.4 is 5.63 Å². The third-order valence-corrected chi connectivity index (χ3v) is 4.38. The molecule has 1 saturated carbocycles. The zero-order valence-corrected chi connectivity index (χ0v) is 11.3. The third kappa shape index (κ3) is 1.39. The van der Waals surface area contributed by atoms with Crippen LogP contribution in [-0.2, 0) is 0 Å². The zero-order chi connectivity index (χ0) is 14.0. The topological polar surface area (TPSA) is 30.2 Å². The number of fused-ring (bicyclic) bond motifs is 5. The van der Waals surface area contributed by atoms with Gasteiger partial charge in [0.05, 0.1) is 5.39 Å². The highest BCUT2D eigenvalue weighted by Gasteiger charge is 2.33. The van der Waals surface area contributed by atoms with Crippen LogP contribution in [0.5, 0.6) is 0 Å². The first-order valence-corrected chi connectivity index (χ1v) is 7.22. The fourth-order valence-electron chi connectivity index (χ4n) is 3.35. The van der Waals surface area contributed by atoms with Gasteiger partial charge in [-0.05, 0) is 30.0 Å². The van der Waals surface area contributed by atoms with Crippen LogP contribution in [0.3, 0.4) is 0 Å².